The van der Waals surface area contributed by atoms with E-state index in [2.05, 4.69) is 10.6 Å². The summed E-state index contributed by atoms with van der Waals surface area (Å²) < 4.78 is 11.0. The molecule has 0 fully saturated rings. The number of nitro benzene ring substituents is 1. The number of amides is 1. The van der Waals surface area contributed by atoms with E-state index in [0.29, 0.717) is 30.4 Å². The number of nitro groups is 1. The Balaban J connectivity index is 2.18. The zero-order chi connectivity index (χ0) is 21.2. The number of carbonyl (C=O) groups is 1. The number of benzene rings is 2. The summed E-state index contributed by atoms with van der Waals surface area (Å²) in [5, 5.41) is 25.6. The van der Waals surface area contributed by atoms with Crippen LogP contribution in [0, 0.1) is 21.4 Å². The number of hydrogen-bond acceptors (Lipinski definition) is 7. The molecule has 2 aromatic carbocycles. The first-order valence-electron chi connectivity index (χ1n) is 8.81. The highest BCUT2D eigenvalue weighted by Gasteiger charge is 2.17. The number of hydrogen-bond donors (Lipinski definition) is 2. The third kappa shape index (κ3) is 5.71. The fourth-order valence-electron chi connectivity index (χ4n) is 2.37. The minimum atomic E-state index is -0.773. The number of rotatable bonds is 9. The van der Waals surface area contributed by atoms with Crippen LogP contribution in [0.15, 0.2) is 54.2 Å². The van der Waals surface area contributed by atoms with Gasteiger partial charge in [0, 0.05) is 24.0 Å². The van der Waals surface area contributed by atoms with Crippen LogP contribution in [-0.2, 0) is 4.79 Å². The molecule has 0 saturated heterocycles. The van der Waals surface area contributed by atoms with E-state index in [0.717, 1.165) is 0 Å². The quantitative estimate of drug-likeness (QED) is 0.285. The summed E-state index contributed by atoms with van der Waals surface area (Å²) in [7, 11) is 0. The lowest BCUT2D eigenvalue weighted by atomic mass is 10.2. The maximum absolute atomic E-state index is 12.3. The molecule has 0 aliphatic carbocycles. The van der Waals surface area contributed by atoms with Gasteiger partial charge in [0.15, 0.2) is 11.5 Å². The Bertz CT molecular complexity index is 966. The van der Waals surface area contributed by atoms with Gasteiger partial charge in [-0.05, 0) is 32.0 Å². The molecule has 150 valence electrons. The molecule has 0 saturated carbocycles. The molecular formula is C20H20N4O5. The smallest absolute Gasteiger partial charge is 0.292 e. The van der Waals surface area contributed by atoms with Gasteiger partial charge in [0.05, 0.1) is 18.1 Å². The molecular weight excluding hydrogens is 376 g/mol. The highest BCUT2D eigenvalue weighted by molar-refractivity contribution is 6.07. The number of anilines is 2. The van der Waals surface area contributed by atoms with E-state index in [9.17, 15) is 20.2 Å². The first kappa shape index (κ1) is 21.2. The highest BCUT2D eigenvalue weighted by atomic mass is 16.6. The summed E-state index contributed by atoms with van der Waals surface area (Å²) in [6, 6.07) is 12.6. The summed E-state index contributed by atoms with van der Waals surface area (Å²) >= 11 is 0. The standard InChI is InChI=1S/C20H20N4O5/c1-3-28-18-10-9-15(11-19(18)29-4-2)22-13-14(12-21)20(25)23-16-7-5-6-8-17(16)24(26)27/h5-11,13,22H,3-4H2,1-2H3,(H,23,25)/b14-13-. The van der Waals surface area contributed by atoms with Crippen LogP contribution in [0.5, 0.6) is 11.5 Å². The SMILES string of the molecule is CCOc1ccc(N/C=C(/C#N)C(=O)Nc2ccccc2[N+](=O)[O-])cc1OCC. The molecule has 0 aromatic heterocycles. The topological polar surface area (TPSA) is 127 Å². The van der Waals surface area contributed by atoms with Gasteiger partial charge in [-0.1, -0.05) is 12.1 Å². The Hall–Kier alpha value is -4.06. The summed E-state index contributed by atoms with van der Waals surface area (Å²) in [6.07, 6.45) is 1.22. The zero-order valence-corrected chi connectivity index (χ0v) is 16.0. The van der Waals surface area contributed by atoms with Crippen LogP contribution in [0.1, 0.15) is 13.8 Å². The van der Waals surface area contributed by atoms with Gasteiger partial charge in [-0.25, -0.2) is 0 Å². The van der Waals surface area contributed by atoms with E-state index in [1.807, 2.05) is 13.8 Å². The van der Waals surface area contributed by atoms with Gasteiger partial charge in [0.2, 0.25) is 0 Å². The summed E-state index contributed by atoms with van der Waals surface area (Å²) in [5.41, 5.74) is 0.0560. The van der Waals surface area contributed by atoms with Gasteiger partial charge < -0.3 is 20.1 Å². The minimum Gasteiger partial charge on any atom is -0.490 e. The maximum atomic E-state index is 12.3. The molecule has 0 aliphatic rings. The predicted octanol–water partition coefficient (Wildman–Crippen LogP) is 3.85. The van der Waals surface area contributed by atoms with Crippen molar-refractivity contribution < 1.29 is 19.2 Å². The van der Waals surface area contributed by atoms with E-state index < -0.39 is 10.8 Å². The average Bonchev–Trinajstić information content (AvgIpc) is 2.71. The lowest BCUT2D eigenvalue weighted by molar-refractivity contribution is -0.383. The number of nitrogens with zero attached hydrogens (tertiary/aromatic N) is 2. The second-order valence-corrected chi connectivity index (χ2v) is 5.57. The van der Waals surface area contributed by atoms with Crippen LogP contribution < -0.4 is 20.1 Å². The fraction of sp³-hybridized carbons (Fsp3) is 0.200. The third-order valence-corrected chi connectivity index (χ3v) is 3.64. The van der Waals surface area contributed by atoms with Crippen molar-refractivity contribution in [3.63, 3.8) is 0 Å². The third-order valence-electron chi connectivity index (χ3n) is 3.64. The maximum Gasteiger partial charge on any atom is 0.292 e. The van der Waals surface area contributed by atoms with Crippen LogP contribution in [0.4, 0.5) is 17.1 Å². The lowest BCUT2D eigenvalue weighted by Crippen LogP contribution is -2.15. The zero-order valence-electron chi connectivity index (χ0n) is 16.0. The molecule has 9 nitrogen and oxygen atoms in total. The monoisotopic (exact) mass is 396 g/mol. The Labute approximate surface area is 167 Å². The molecule has 9 heteroatoms. The number of nitriles is 1. The summed E-state index contributed by atoms with van der Waals surface area (Å²) in [4.78, 5) is 22.8. The van der Waals surface area contributed by atoms with E-state index in [1.165, 1.54) is 24.4 Å². The van der Waals surface area contributed by atoms with Gasteiger partial charge in [-0.15, -0.1) is 0 Å². The van der Waals surface area contributed by atoms with Crippen molar-refractivity contribution in [3.8, 4) is 17.6 Å². The normalized spacial score (nSPS) is 10.6. The first-order valence-corrected chi connectivity index (χ1v) is 8.81. The van der Waals surface area contributed by atoms with Gasteiger partial charge >= 0.3 is 0 Å². The van der Waals surface area contributed by atoms with Crippen LogP contribution >= 0.6 is 0 Å². The predicted molar refractivity (Wildman–Crippen MR) is 108 cm³/mol. The Morgan fingerprint density at radius 1 is 1.17 bits per heavy atom. The molecule has 1 amide bonds. The lowest BCUT2D eigenvalue weighted by Gasteiger charge is -2.12. The van der Waals surface area contributed by atoms with E-state index in [1.54, 1.807) is 30.3 Å². The molecule has 2 rings (SSSR count). The van der Waals surface area contributed by atoms with E-state index in [4.69, 9.17) is 9.47 Å². The van der Waals surface area contributed by atoms with Crippen molar-refractivity contribution >= 4 is 23.0 Å². The summed E-state index contributed by atoms with van der Waals surface area (Å²) in [5.74, 6) is 0.333. The molecule has 0 radical (unpaired) electrons. The molecule has 29 heavy (non-hydrogen) atoms. The molecule has 0 heterocycles. The molecule has 2 N–H and O–H groups in total. The molecule has 0 spiro atoms. The Morgan fingerprint density at radius 2 is 1.86 bits per heavy atom. The van der Waals surface area contributed by atoms with Crippen LogP contribution in [0.2, 0.25) is 0 Å². The van der Waals surface area contributed by atoms with Crippen LogP contribution in [-0.4, -0.2) is 24.0 Å². The minimum absolute atomic E-state index is 0.00310. The fourth-order valence-corrected chi connectivity index (χ4v) is 2.37. The highest BCUT2D eigenvalue weighted by Crippen LogP contribution is 2.30. The van der Waals surface area contributed by atoms with Gasteiger partial charge in [0.1, 0.15) is 17.3 Å². The van der Waals surface area contributed by atoms with Gasteiger partial charge in [-0.3, -0.25) is 14.9 Å². The van der Waals surface area contributed by atoms with Gasteiger partial charge in [0.25, 0.3) is 11.6 Å². The molecule has 0 bridgehead atoms. The van der Waals surface area contributed by atoms with Crippen molar-refractivity contribution in [1.29, 1.82) is 5.26 Å². The van der Waals surface area contributed by atoms with Crippen molar-refractivity contribution in [2.24, 2.45) is 0 Å². The van der Waals surface area contributed by atoms with Crippen molar-refractivity contribution in [3.05, 3.63) is 64.4 Å². The van der Waals surface area contributed by atoms with Crippen molar-refractivity contribution in [2.75, 3.05) is 23.8 Å². The van der Waals surface area contributed by atoms with Crippen molar-refractivity contribution in [1.82, 2.24) is 0 Å². The second kappa shape index (κ2) is 10.3. The van der Waals surface area contributed by atoms with Crippen LogP contribution in [0.25, 0.3) is 0 Å². The number of carbonyl (C=O) groups excluding carboxylic acids is 1. The van der Waals surface area contributed by atoms with Crippen LogP contribution in [0.3, 0.4) is 0 Å². The molecule has 0 atom stereocenters. The second-order valence-electron chi connectivity index (χ2n) is 5.57. The first-order chi connectivity index (χ1) is 14.0. The Kier molecular flexibility index (Phi) is 7.56. The number of ether oxygens (including phenoxy) is 2. The number of nitrogens with one attached hydrogen (secondary N) is 2. The molecule has 0 unspecified atom stereocenters. The molecule has 0 aliphatic heterocycles. The van der Waals surface area contributed by atoms with Gasteiger partial charge in [-0.2, -0.15) is 5.26 Å². The average molecular weight is 396 g/mol. The number of para-hydroxylation sites is 2. The van der Waals surface area contributed by atoms with Crippen molar-refractivity contribution in [2.45, 2.75) is 13.8 Å². The largest absolute Gasteiger partial charge is 0.490 e. The van der Waals surface area contributed by atoms with E-state index >= 15 is 0 Å². The molecule has 2 aromatic rings. The summed E-state index contributed by atoms with van der Waals surface area (Å²) in [6.45, 7) is 4.63. The van der Waals surface area contributed by atoms with E-state index in [-0.39, 0.29) is 16.9 Å². The Morgan fingerprint density at radius 3 is 2.52 bits per heavy atom.